The molecule has 2 aliphatic heterocycles. The molecular formula is C15H29NO2. The van der Waals surface area contributed by atoms with Crippen molar-refractivity contribution in [2.45, 2.75) is 70.6 Å². The standard InChI is InChI=1S/C15H29NO2/c1-3-9-16-15(14-8-11-17-12(14)2)7-6-13-5-4-10-18-13/h12-16H,3-11H2,1-2H3. The van der Waals surface area contributed by atoms with Crippen LogP contribution in [0.3, 0.4) is 0 Å². The van der Waals surface area contributed by atoms with Crippen molar-refractivity contribution in [2.75, 3.05) is 19.8 Å². The van der Waals surface area contributed by atoms with Crippen LogP contribution in [0.4, 0.5) is 0 Å². The molecule has 3 nitrogen and oxygen atoms in total. The van der Waals surface area contributed by atoms with E-state index < -0.39 is 0 Å². The van der Waals surface area contributed by atoms with Crippen LogP contribution in [0.5, 0.6) is 0 Å². The summed E-state index contributed by atoms with van der Waals surface area (Å²) in [4.78, 5) is 0. The molecule has 18 heavy (non-hydrogen) atoms. The van der Waals surface area contributed by atoms with Crippen LogP contribution in [0.2, 0.25) is 0 Å². The lowest BCUT2D eigenvalue weighted by molar-refractivity contribution is 0.0807. The quantitative estimate of drug-likeness (QED) is 0.759. The molecule has 106 valence electrons. The van der Waals surface area contributed by atoms with E-state index in [-0.39, 0.29) is 0 Å². The van der Waals surface area contributed by atoms with Gasteiger partial charge in [0.25, 0.3) is 0 Å². The Bertz CT molecular complexity index is 229. The molecule has 0 saturated carbocycles. The predicted molar refractivity (Wildman–Crippen MR) is 73.8 cm³/mol. The smallest absolute Gasteiger partial charge is 0.0590 e. The molecular weight excluding hydrogens is 226 g/mol. The van der Waals surface area contributed by atoms with Gasteiger partial charge in [0.2, 0.25) is 0 Å². The summed E-state index contributed by atoms with van der Waals surface area (Å²) >= 11 is 0. The molecule has 2 fully saturated rings. The number of nitrogens with one attached hydrogen (secondary N) is 1. The van der Waals surface area contributed by atoms with E-state index in [2.05, 4.69) is 19.2 Å². The summed E-state index contributed by atoms with van der Waals surface area (Å²) in [5, 5.41) is 3.73. The van der Waals surface area contributed by atoms with Crippen LogP contribution in [0, 0.1) is 5.92 Å². The molecule has 0 aliphatic carbocycles. The van der Waals surface area contributed by atoms with Gasteiger partial charge in [0.1, 0.15) is 0 Å². The first-order valence-corrected chi connectivity index (χ1v) is 7.78. The van der Waals surface area contributed by atoms with Crippen LogP contribution in [-0.2, 0) is 9.47 Å². The van der Waals surface area contributed by atoms with E-state index in [1.165, 1.54) is 38.5 Å². The molecule has 0 spiro atoms. The lowest BCUT2D eigenvalue weighted by atomic mass is 9.89. The minimum atomic E-state index is 0.420. The average molecular weight is 255 g/mol. The molecule has 2 aliphatic rings. The van der Waals surface area contributed by atoms with E-state index in [0.29, 0.717) is 24.2 Å². The first-order valence-electron chi connectivity index (χ1n) is 7.78. The van der Waals surface area contributed by atoms with E-state index in [1.54, 1.807) is 0 Å². The fraction of sp³-hybridized carbons (Fsp3) is 1.00. The minimum absolute atomic E-state index is 0.420. The molecule has 2 rings (SSSR count). The van der Waals surface area contributed by atoms with Gasteiger partial charge in [-0.3, -0.25) is 0 Å². The van der Waals surface area contributed by atoms with Crippen molar-refractivity contribution in [3.8, 4) is 0 Å². The molecule has 0 bridgehead atoms. The Morgan fingerprint density at radius 2 is 2.11 bits per heavy atom. The SMILES string of the molecule is CCCNC(CCC1CCCO1)C1CCOC1C. The highest BCUT2D eigenvalue weighted by Gasteiger charge is 2.32. The maximum absolute atomic E-state index is 5.74. The summed E-state index contributed by atoms with van der Waals surface area (Å²) in [5.74, 6) is 0.693. The van der Waals surface area contributed by atoms with Crippen LogP contribution < -0.4 is 5.32 Å². The van der Waals surface area contributed by atoms with Gasteiger partial charge in [-0.1, -0.05) is 6.92 Å². The van der Waals surface area contributed by atoms with Gasteiger partial charge in [-0.25, -0.2) is 0 Å². The summed E-state index contributed by atoms with van der Waals surface area (Å²) in [5.41, 5.74) is 0. The topological polar surface area (TPSA) is 30.5 Å². The van der Waals surface area contributed by atoms with Crippen LogP contribution in [0.1, 0.15) is 52.4 Å². The Balaban J connectivity index is 1.79. The van der Waals surface area contributed by atoms with Gasteiger partial charge in [0, 0.05) is 25.2 Å². The van der Waals surface area contributed by atoms with Crippen molar-refractivity contribution >= 4 is 0 Å². The Morgan fingerprint density at radius 3 is 2.72 bits per heavy atom. The largest absolute Gasteiger partial charge is 0.378 e. The summed E-state index contributed by atoms with van der Waals surface area (Å²) in [6, 6.07) is 0.617. The highest BCUT2D eigenvalue weighted by Crippen LogP contribution is 2.28. The fourth-order valence-electron chi connectivity index (χ4n) is 3.31. The molecule has 4 atom stereocenters. The van der Waals surface area contributed by atoms with Crippen LogP contribution >= 0.6 is 0 Å². The zero-order chi connectivity index (χ0) is 12.8. The van der Waals surface area contributed by atoms with Gasteiger partial charge in [-0.05, 0) is 52.0 Å². The van der Waals surface area contributed by atoms with Gasteiger partial charge in [-0.15, -0.1) is 0 Å². The average Bonchev–Trinajstić information content (AvgIpc) is 3.01. The summed E-state index contributed by atoms with van der Waals surface area (Å²) in [6.07, 6.45) is 8.33. The summed E-state index contributed by atoms with van der Waals surface area (Å²) < 4.78 is 11.5. The van der Waals surface area contributed by atoms with Gasteiger partial charge >= 0.3 is 0 Å². The molecule has 4 unspecified atom stereocenters. The fourth-order valence-corrected chi connectivity index (χ4v) is 3.31. The number of rotatable bonds is 7. The second-order valence-electron chi connectivity index (χ2n) is 5.80. The second-order valence-corrected chi connectivity index (χ2v) is 5.80. The normalized spacial score (nSPS) is 34.0. The van der Waals surface area contributed by atoms with Crippen molar-refractivity contribution in [1.29, 1.82) is 0 Å². The third-order valence-electron chi connectivity index (χ3n) is 4.43. The van der Waals surface area contributed by atoms with E-state index in [9.17, 15) is 0 Å². The molecule has 0 aromatic rings. The molecule has 2 saturated heterocycles. The predicted octanol–water partition coefficient (Wildman–Crippen LogP) is 2.74. The lowest BCUT2D eigenvalue weighted by Crippen LogP contribution is -2.40. The Morgan fingerprint density at radius 1 is 1.22 bits per heavy atom. The van der Waals surface area contributed by atoms with Gasteiger partial charge < -0.3 is 14.8 Å². The minimum Gasteiger partial charge on any atom is -0.378 e. The van der Waals surface area contributed by atoms with E-state index in [4.69, 9.17) is 9.47 Å². The molecule has 0 amide bonds. The Labute approximate surface area is 112 Å². The van der Waals surface area contributed by atoms with Crippen molar-refractivity contribution in [2.24, 2.45) is 5.92 Å². The van der Waals surface area contributed by atoms with E-state index in [1.807, 2.05) is 0 Å². The first-order chi connectivity index (χ1) is 8.81. The Hall–Kier alpha value is -0.120. The van der Waals surface area contributed by atoms with E-state index in [0.717, 1.165) is 19.8 Å². The highest BCUT2D eigenvalue weighted by molar-refractivity contribution is 4.85. The van der Waals surface area contributed by atoms with Crippen LogP contribution in [0.25, 0.3) is 0 Å². The number of ether oxygens (including phenoxy) is 2. The molecule has 3 heteroatoms. The highest BCUT2D eigenvalue weighted by atomic mass is 16.5. The third-order valence-corrected chi connectivity index (χ3v) is 4.43. The number of hydrogen-bond acceptors (Lipinski definition) is 3. The Kier molecular flexibility index (Phi) is 5.93. The maximum atomic E-state index is 5.74. The molecule has 0 radical (unpaired) electrons. The monoisotopic (exact) mass is 255 g/mol. The zero-order valence-electron chi connectivity index (χ0n) is 12.0. The molecule has 0 aromatic carbocycles. The van der Waals surface area contributed by atoms with Crippen molar-refractivity contribution in [3.05, 3.63) is 0 Å². The first kappa shape index (κ1) is 14.3. The van der Waals surface area contributed by atoms with Gasteiger partial charge in [0.05, 0.1) is 12.2 Å². The van der Waals surface area contributed by atoms with Gasteiger partial charge in [0.15, 0.2) is 0 Å². The second kappa shape index (κ2) is 7.46. The van der Waals surface area contributed by atoms with Crippen LogP contribution in [-0.4, -0.2) is 38.0 Å². The zero-order valence-corrected chi connectivity index (χ0v) is 12.0. The maximum Gasteiger partial charge on any atom is 0.0590 e. The van der Waals surface area contributed by atoms with E-state index >= 15 is 0 Å². The molecule has 1 N–H and O–H groups in total. The number of hydrogen-bond donors (Lipinski definition) is 1. The van der Waals surface area contributed by atoms with Crippen molar-refractivity contribution < 1.29 is 9.47 Å². The third kappa shape index (κ3) is 3.94. The van der Waals surface area contributed by atoms with Gasteiger partial charge in [-0.2, -0.15) is 0 Å². The molecule has 2 heterocycles. The van der Waals surface area contributed by atoms with Crippen molar-refractivity contribution in [1.82, 2.24) is 5.32 Å². The summed E-state index contributed by atoms with van der Waals surface area (Å²) in [6.45, 7) is 7.50. The summed E-state index contributed by atoms with van der Waals surface area (Å²) in [7, 11) is 0. The van der Waals surface area contributed by atoms with Crippen LogP contribution in [0.15, 0.2) is 0 Å². The molecule has 0 aromatic heterocycles. The lowest BCUT2D eigenvalue weighted by Gasteiger charge is -2.28. The van der Waals surface area contributed by atoms with Crippen molar-refractivity contribution in [3.63, 3.8) is 0 Å².